The molecule has 0 saturated heterocycles. The zero-order chi connectivity index (χ0) is 19.3. The molecule has 0 aliphatic rings. The van der Waals surface area contributed by atoms with Crippen LogP contribution in [0.25, 0.3) is 0 Å². The number of benzene rings is 2. The van der Waals surface area contributed by atoms with E-state index in [2.05, 4.69) is 15.9 Å². The van der Waals surface area contributed by atoms with Crippen molar-refractivity contribution in [2.75, 3.05) is 0 Å². The van der Waals surface area contributed by atoms with Crippen LogP contribution in [0.2, 0.25) is 0 Å². The lowest BCUT2D eigenvalue weighted by Crippen LogP contribution is -2.08. The Balaban J connectivity index is 2.04. The maximum Gasteiger partial charge on any atom is 0.416 e. The van der Waals surface area contributed by atoms with Crippen LogP contribution in [0.5, 0.6) is 17.2 Å². The van der Waals surface area contributed by atoms with Gasteiger partial charge in [0.25, 0.3) is 0 Å². The molecule has 1 N–H and O–H groups in total. The standard InChI is InChI=1S/C18H14BrF3O4/c1-11(2-9-17(23)24)25-13-4-6-14(7-5-13)26-16-8-3-12(10-15(16)19)18(20,21)22/h2-11H,1H3,(H,23,24). The molecule has 0 aliphatic carbocycles. The fourth-order valence-corrected chi connectivity index (χ4v) is 2.40. The van der Waals surface area contributed by atoms with Crippen molar-refractivity contribution >= 4 is 21.9 Å². The highest BCUT2D eigenvalue weighted by molar-refractivity contribution is 9.10. The zero-order valence-corrected chi connectivity index (χ0v) is 15.0. The summed E-state index contributed by atoms with van der Waals surface area (Å²) in [5.41, 5.74) is -0.774. The van der Waals surface area contributed by atoms with Crippen LogP contribution >= 0.6 is 15.9 Å². The van der Waals surface area contributed by atoms with Crippen LogP contribution in [0.4, 0.5) is 13.2 Å². The Kier molecular flexibility index (Phi) is 6.31. The largest absolute Gasteiger partial charge is 0.487 e. The third-order valence-corrected chi connectivity index (χ3v) is 3.76. The molecule has 0 heterocycles. The van der Waals surface area contributed by atoms with Crippen LogP contribution in [0, 0.1) is 0 Å². The number of rotatable bonds is 6. The average molecular weight is 431 g/mol. The predicted molar refractivity (Wildman–Crippen MR) is 92.5 cm³/mol. The van der Waals surface area contributed by atoms with Crippen molar-refractivity contribution in [1.82, 2.24) is 0 Å². The van der Waals surface area contributed by atoms with Crippen molar-refractivity contribution in [2.24, 2.45) is 0 Å². The Labute approximate surface area is 156 Å². The Morgan fingerprint density at radius 3 is 2.31 bits per heavy atom. The van der Waals surface area contributed by atoms with E-state index < -0.39 is 23.8 Å². The highest BCUT2D eigenvalue weighted by atomic mass is 79.9. The first kappa shape index (κ1) is 19.8. The molecular formula is C18H14BrF3O4. The molecule has 2 rings (SSSR count). The first-order chi connectivity index (χ1) is 12.1. The molecular weight excluding hydrogens is 417 g/mol. The van der Waals surface area contributed by atoms with Gasteiger partial charge in [-0.15, -0.1) is 0 Å². The molecule has 4 nitrogen and oxygen atoms in total. The lowest BCUT2D eigenvalue weighted by molar-refractivity contribution is -0.137. The highest BCUT2D eigenvalue weighted by Gasteiger charge is 2.31. The molecule has 1 atom stereocenters. The van der Waals surface area contributed by atoms with E-state index in [1.54, 1.807) is 31.2 Å². The quantitative estimate of drug-likeness (QED) is 0.599. The van der Waals surface area contributed by atoms with E-state index >= 15 is 0 Å². The maximum absolute atomic E-state index is 12.7. The van der Waals surface area contributed by atoms with E-state index in [4.69, 9.17) is 14.6 Å². The van der Waals surface area contributed by atoms with Crippen molar-refractivity contribution in [3.63, 3.8) is 0 Å². The summed E-state index contributed by atoms with van der Waals surface area (Å²) in [6, 6.07) is 9.52. The van der Waals surface area contributed by atoms with E-state index in [-0.39, 0.29) is 10.2 Å². The Morgan fingerprint density at radius 2 is 1.77 bits per heavy atom. The SMILES string of the molecule is CC(C=CC(=O)O)Oc1ccc(Oc2ccc(C(F)(F)F)cc2Br)cc1. The first-order valence-corrected chi connectivity index (χ1v) is 8.17. The van der Waals surface area contributed by atoms with Gasteiger partial charge in [-0.25, -0.2) is 4.79 Å². The van der Waals surface area contributed by atoms with Gasteiger partial charge in [0.1, 0.15) is 23.4 Å². The summed E-state index contributed by atoms with van der Waals surface area (Å²) in [6.07, 6.45) is -2.48. The fraction of sp³-hybridized carbons (Fsp3) is 0.167. The van der Waals surface area contributed by atoms with Gasteiger partial charge in [-0.05, 0) is 71.4 Å². The predicted octanol–water partition coefficient (Wildman–Crippen LogP) is 5.67. The minimum absolute atomic E-state index is 0.181. The summed E-state index contributed by atoms with van der Waals surface area (Å²) in [4.78, 5) is 10.5. The molecule has 26 heavy (non-hydrogen) atoms. The summed E-state index contributed by atoms with van der Waals surface area (Å²) in [7, 11) is 0. The first-order valence-electron chi connectivity index (χ1n) is 7.37. The van der Waals surface area contributed by atoms with E-state index in [0.717, 1.165) is 18.2 Å². The second-order valence-electron chi connectivity index (χ2n) is 5.24. The third kappa shape index (κ3) is 5.80. The molecule has 0 saturated carbocycles. The number of aliphatic carboxylic acids is 1. The Bertz CT molecular complexity index is 801. The molecule has 0 fully saturated rings. The molecule has 0 bridgehead atoms. The zero-order valence-electron chi connectivity index (χ0n) is 13.5. The van der Waals surface area contributed by atoms with Gasteiger partial charge in [-0.2, -0.15) is 13.2 Å². The van der Waals surface area contributed by atoms with E-state index in [1.807, 2.05) is 0 Å². The normalized spacial score (nSPS) is 12.8. The molecule has 0 amide bonds. The molecule has 2 aromatic rings. The number of alkyl halides is 3. The number of carbonyl (C=O) groups is 1. The Morgan fingerprint density at radius 1 is 1.15 bits per heavy atom. The van der Waals surface area contributed by atoms with Gasteiger partial charge in [-0.1, -0.05) is 0 Å². The van der Waals surface area contributed by atoms with E-state index in [9.17, 15) is 18.0 Å². The van der Waals surface area contributed by atoms with Crippen molar-refractivity contribution < 1.29 is 32.5 Å². The van der Waals surface area contributed by atoms with Crippen LogP contribution in [0.15, 0.2) is 59.1 Å². The number of carboxylic acids is 1. The van der Waals surface area contributed by atoms with Gasteiger partial charge in [0.05, 0.1) is 10.0 Å². The number of ether oxygens (including phenoxy) is 2. The van der Waals surface area contributed by atoms with Crippen LogP contribution in [0.3, 0.4) is 0 Å². The smallest absolute Gasteiger partial charge is 0.416 e. The summed E-state index contributed by atoms with van der Waals surface area (Å²) in [5, 5.41) is 8.56. The van der Waals surface area contributed by atoms with Crippen LogP contribution in [-0.2, 0) is 11.0 Å². The van der Waals surface area contributed by atoms with Gasteiger partial charge >= 0.3 is 12.1 Å². The van der Waals surface area contributed by atoms with Crippen molar-refractivity contribution in [3.8, 4) is 17.2 Å². The number of hydrogen-bond acceptors (Lipinski definition) is 3. The summed E-state index contributed by atoms with van der Waals surface area (Å²) >= 11 is 3.07. The third-order valence-electron chi connectivity index (χ3n) is 3.14. The maximum atomic E-state index is 12.7. The number of halogens is 4. The molecule has 2 aromatic carbocycles. The van der Waals surface area contributed by atoms with E-state index in [0.29, 0.717) is 11.5 Å². The van der Waals surface area contributed by atoms with Crippen LogP contribution in [-0.4, -0.2) is 17.2 Å². The molecule has 138 valence electrons. The molecule has 8 heteroatoms. The van der Waals surface area contributed by atoms with Gasteiger partial charge in [0, 0.05) is 6.08 Å². The minimum atomic E-state index is -4.42. The topological polar surface area (TPSA) is 55.8 Å². The lowest BCUT2D eigenvalue weighted by atomic mass is 10.2. The monoisotopic (exact) mass is 430 g/mol. The van der Waals surface area contributed by atoms with Crippen molar-refractivity contribution in [2.45, 2.75) is 19.2 Å². The molecule has 1 unspecified atom stereocenters. The van der Waals surface area contributed by atoms with Crippen LogP contribution < -0.4 is 9.47 Å². The summed E-state index contributed by atoms with van der Waals surface area (Å²) < 4.78 is 49.2. The Hall–Kier alpha value is -2.48. The highest BCUT2D eigenvalue weighted by Crippen LogP contribution is 2.36. The second-order valence-corrected chi connectivity index (χ2v) is 6.09. The van der Waals surface area contributed by atoms with Crippen molar-refractivity contribution in [1.29, 1.82) is 0 Å². The summed E-state index contributed by atoms with van der Waals surface area (Å²) in [6.45, 7) is 1.68. The molecule has 0 radical (unpaired) electrons. The molecule has 0 aliphatic heterocycles. The van der Waals surface area contributed by atoms with Gasteiger partial charge in [0.2, 0.25) is 0 Å². The van der Waals surface area contributed by atoms with E-state index in [1.165, 1.54) is 12.1 Å². The van der Waals surface area contributed by atoms with Gasteiger partial charge in [-0.3, -0.25) is 0 Å². The molecule has 0 spiro atoms. The number of carboxylic acid groups (broad SMARTS) is 1. The van der Waals surface area contributed by atoms with Gasteiger partial charge < -0.3 is 14.6 Å². The summed E-state index contributed by atoms with van der Waals surface area (Å²) in [5.74, 6) is 0.0775. The second kappa shape index (κ2) is 8.27. The number of hydrogen-bond donors (Lipinski definition) is 1. The molecule has 0 aromatic heterocycles. The lowest BCUT2D eigenvalue weighted by Gasteiger charge is -2.13. The van der Waals surface area contributed by atoms with Crippen molar-refractivity contribution in [3.05, 3.63) is 64.7 Å². The fourth-order valence-electron chi connectivity index (χ4n) is 1.94. The average Bonchev–Trinajstić information content (AvgIpc) is 2.55. The van der Waals surface area contributed by atoms with Gasteiger partial charge in [0.15, 0.2) is 0 Å². The van der Waals surface area contributed by atoms with Crippen LogP contribution in [0.1, 0.15) is 12.5 Å². The minimum Gasteiger partial charge on any atom is -0.487 e.